The zero-order valence-electron chi connectivity index (χ0n) is 15.6. The molecule has 0 aliphatic carbocycles. The molecule has 3 rings (SSSR count). The van der Waals surface area contributed by atoms with Crippen LogP contribution in [0.25, 0.3) is 0 Å². The zero-order chi connectivity index (χ0) is 20.5. The van der Waals surface area contributed by atoms with E-state index in [0.717, 1.165) is 22.4 Å². The van der Waals surface area contributed by atoms with E-state index in [0.29, 0.717) is 15.1 Å². The number of nitrogens with one attached hydrogen (secondary N) is 2. The zero-order valence-corrected chi connectivity index (χ0v) is 18.6. The Bertz CT molecular complexity index is 1130. The van der Waals surface area contributed by atoms with E-state index in [1.165, 1.54) is 12.1 Å². The van der Waals surface area contributed by atoms with Crippen LogP contribution in [-0.2, 0) is 10.0 Å². The maximum absolute atomic E-state index is 12.9. The highest BCUT2D eigenvalue weighted by Crippen LogP contribution is 2.35. The summed E-state index contributed by atoms with van der Waals surface area (Å²) in [5, 5.41) is 13.3. The van der Waals surface area contributed by atoms with Crippen molar-refractivity contribution in [2.45, 2.75) is 25.7 Å². The van der Waals surface area contributed by atoms with Crippen molar-refractivity contribution in [1.82, 2.24) is 4.98 Å². The van der Waals surface area contributed by atoms with Gasteiger partial charge in [0, 0.05) is 15.5 Å². The van der Waals surface area contributed by atoms with Gasteiger partial charge in [0.1, 0.15) is 16.5 Å². The molecule has 0 amide bonds. The van der Waals surface area contributed by atoms with E-state index in [1.807, 2.05) is 67.6 Å². The Morgan fingerprint density at radius 3 is 2.39 bits per heavy atom. The van der Waals surface area contributed by atoms with Crippen molar-refractivity contribution >= 4 is 49.8 Å². The van der Waals surface area contributed by atoms with Crippen molar-refractivity contribution in [3.8, 4) is 5.75 Å². The summed E-state index contributed by atoms with van der Waals surface area (Å²) in [6.45, 7) is 5.64. The third-order valence-electron chi connectivity index (χ3n) is 4.34. The molecule has 0 radical (unpaired) electrons. The summed E-state index contributed by atoms with van der Waals surface area (Å²) < 4.78 is 29.2. The van der Waals surface area contributed by atoms with Gasteiger partial charge < -0.3 is 10.4 Å². The molecule has 6 nitrogen and oxygen atoms in total. The second kappa shape index (κ2) is 7.96. The number of rotatable bonds is 5. The molecule has 0 aliphatic rings. The van der Waals surface area contributed by atoms with Gasteiger partial charge in [-0.2, -0.15) is 0 Å². The topological polar surface area (TPSA) is 91.3 Å². The Balaban J connectivity index is 2.05. The molecule has 146 valence electrons. The predicted octanol–water partition coefficient (Wildman–Crippen LogP) is 4.86. The molecule has 0 fully saturated rings. The first-order valence-corrected chi connectivity index (χ1v) is 11.1. The molecule has 0 spiro atoms. The third kappa shape index (κ3) is 4.22. The second-order valence-electron chi connectivity index (χ2n) is 6.44. The quantitative estimate of drug-likeness (QED) is 0.428. The summed E-state index contributed by atoms with van der Waals surface area (Å²) in [6, 6.07) is 11.9. The minimum absolute atomic E-state index is 0.155. The molecule has 0 bridgehead atoms. The van der Waals surface area contributed by atoms with Crippen LogP contribution >= 0.6 is 22.6 Å². The SMILES string of the molecule is Cc1cc(C)c(NS(=O)(=O)c2cc(I)ccc2O)c(C)c1Nc1ccccn1. The molecule has 0 aliphatic heterocycles. The summed E-state index contributed by atoms with van der Waals surface area (Å²) in [4.78, 5) is 4.11. The molecule has 1 aromatic heterocycles. The minimum Gasteiger partial charge on any atom is -0.507 e. The van der Waals surface area contributed by atoms with Crippen LogP contribution in [0.2, 0.25) is 0 Å². The van der Waals surface area contributed by atoms with Gasteiger partial charge in [0.15, 0.2) is 0 Å². The van der Waals surface area contributed by atoms with E-state index in [9.17, 15) is 13.5 Å². The number of nitrogens with zero attached hydrogens (tertiary/aromatic N) is 1. The Kier molecular flexibility index (Phi) is 5.80. The lowest BCUT2D eigenvalue weighted by atomic mass is 10.0. The number of halogens is 1. The Labute approximate surface area is 178 Å². The smallest absolute Gasteiger partial charge is 0.265 e. The van der Waals surface area contributed by atoms with E-state index in [4.69, 9.17) is 0 Å². The van der Waals surface area contributed by atoms with Crippen LogP contribution in [0.5, 0.6) is 5.75 Å². The lowest BCUT2D eigenvalue weighted by molar-refractivity contribution is 0.459. The first-order valence-electron chi connectivity index (χ1n) is 8.49. The molecule has 28 heavy (non-hydrogen) atoms. The number of aromatic hydroxyl groups is 1. The molecule has 8 heteroatoms. The van der Waals surface area contributed by atoms with Crippen molar-refractivity contribution in [2.75, 3.05) is 10.0 Å². The van der Waals surface area contributed by atoms with Crippen LogP contribution < -0.4 is 10.0 Å². The molecular weight excluding hydrogens is 489 g/mol. The van der Waals surface area contributed by atoms with Crippen LogP contribution in [0.15, 0.2) is 53.6 Å². The number of hydrogen-bond acceptors (Lipinski definition) is 5. The first-order chi connectivity index (χ1) is 13.2. The number of phenols is 1. The van der Waals surface area contributed by atoms with Crippen molar-refractivity contribution < 1.29 is 13.5 Å². The highest BCUT2D eigenvalue weighted by molar-refractivity contribution is 14.1. The second-order valence-corrected chi connectivity index (χ2v) is 9.34. The summed E-state index contributed by atoms with van der Waals surface area (Å²) >= 11 is 2.01. The van der Waals surface area contributed by atoms with Crippen LogP contribution in [0, 0.1) is 24.3 Å². The van der Waals surface area contributed by atoms with Crippen molar-refractivity contribution in [3.63, 3.8) is 0 Å². The van der Waals surface area contributed by atoms with E-state index in [-0.39, 0.29) is 10.6 Å². The Morgan fingerprint density at radius 2 is 1.71 bits per heavy atom. The molecule has 3 N–H and O–H groups in total. The van der Waals surface area contributed by atoms with Gasteiger partial charge in [0.25, 0.3) is 10.0 Å². The van der Waals surface area contributed by atoms with Gasteiger partial charge in [-0.25, -0.2) is 13.4 Å². The van der Waals surface area contributed by atoms with Gasteiger partial charge in [-0.05, 0) is 90.4 Å². The van der Waals surface area contributed by atoms with Crippen molar-refractivity contribution in [2.24, 2.45) is 0 Å². The molecule has 1 heterocycles. The molecule has 0 atom stereocenters. The third-order valence-corrected chi connectivity index (χ3v) is 6.39. The fourth-order valence-corrected chi connectivity index (χ4v) is 5.01. The van der Waals surface area contributed by atoms with Crippen LogP contribution in [0.3, 0.4) is 0 Å². The monoisotopic (exact) mass is 509 g/mol. The number of hydrogen-bond donors (Lipinski definition) is 3. The normalized spacial score (nSPS) is 11.3. The van der Waals surface area contributed by atoms with E-state index in [1.54, 1.807) is 12.3 Å². The van der Waals surface area contributed by atoms with Gasteiger partial charge >= 0.3 is 0 Å². The lowest BCUT2D eigenvalue weighted by Crippen LogP contribution is -2.16. The largest absolute Gasteiger partial charge is 0.507 e. The predicted molar refractivity (Wildman–Crippen MR) is 120 cm³/mol. The molecule has 0 saturated heterocycles. The maximum Gasteiger partial charge on any atom is 0.265 e. The summed E-state index contributed by atoms with van der Waals surface area (Å²) in [7, 11) is -3.96. The highest BCUT2D eigenvalue weighted by atomic mass is 127. The van der Waals surface area contributed by atoms with Gasteiger partial charge in [-0.15, -0.1) is 0 Å². The minimum atomic E-state index is -3.96. The molecular formula is C20H20IN3O3S. The van der Waals surface area contributed by atoms with Gasteiger partial charge in [0.05, 0.1) is 5.69 Å². The average Bonchev–Trinajstić information content (AvgIpc) is 2.65. The number of anilines is 3. The summed E-state index contributed by atoms with van der Waals surface area (Å²) in [5.41, 5.74) is 3.77. The number of aryl methyl sites for hydroxylation is 2. The fourth-order valence-electron chi connectivity index (χ4n) is 2.99. The summed E-state index contributed by atoms with van der Waals surface area (Å²) in [5.74, 6) is 0.379. The molecule has 3 aromatic rings. The number of aromatic nitrogens is 1. The molecule has 2 aromatic carbocycles. The van der Waals surface area contributed by atoms with Crippen molar-refractivity contribution in [3.05, 3.63) is 68.9 Å². The van der Waals surface area contributed by atoms with Crippen LogP contribution in [-0.4, -0.2) is 18.5 Å². The Morgan fingerprint density at radius 1 is 1.00 bits per heavy atom. The van der Waals surface area contributed by atoms with Gasteiger partial charge in [-0.3, -0.25) is 4.72 Å². The number of phenolic OH excluding ortho intramolecular Hbond substituents is 1. The van der Waals surface area contributed by atoms with E-state index >= 15 is 0 Å². The van der Waals surface area contributed by atoms with Gasteiger partial charge in [-0.1, -0.05) is 12.1 Å². The summed E-state index contributed by atoms with van der Waals surface area (Å²) in [6.07, 6.45) is 1.69. The lowest BCUT2D eigenvalue weighted by Gasteiger charge is -2.20. The maximum atomic E-state index is 12.9. The van der Waals surface area contributed by atoms with E-state index < -0.39 is 10.0 Å². The van der Waals surface area contributed by atoms with Crippen LogP contribution in [0.4, 0.5) is 17.2 Å². The first kappa shape index (κ1) is 20.4. The molecule has 0 saturated carbocycles. The van der Waals surface area contributed by atoms with E-state index in [2.05, 4.69) is 15.0 Å². The number of benzene rings is 2. The highest BCUT2D eigenvalue weighted by Gasteiger charge is 2.22. The molecule has 0 unspecified atom stereocenters. The number of pyridine rings is 1. The standard InChI is InChI=1S/C20H20IN3O3S/c1-12-10-13(2)20(14(3)19(12)23-18-6-4-5-9-22-18)24-28(26,27)17-11-15(21)7-8-16(17)25/h4-11,24-25H,1-3H3,(H,22,23). The van der Waals surface area contributed by atoms with Crippen LogP contribution in [0.1, 0.15) is 16.7 Å². The average molecular weight is 509 g/mol. The van der Waals surface area contributed by atoms with Gasteiger partial charge in [0.2, 0.25) is 0 Å². The Hall–Kier alpha value is -2.33. The van der Waals surface area contributed by atoms with Crippen molar-refractivity contribution in [1.29, 1.82) is 0 Å². The fraction of sp³-hybridized carbons (Fsp3) is 0.150. The number of sulfonamides is 1.